The molecule has 0 N–H and O–H groups in total. The fourth-order valence-electron chi connectivity index (χ4n) is 3.62. The molecule has 3 heterocycles. The van der Waals surface area contributed by atoms with Crippen molar-refractivity contribution in [3.05, 3.63) is 42.2 Å². The third-order valence-corrected chi connectivity index (χ3v) is 5.33. The van der Waals surface area contributed by atoms with Crippen molar-refractivity contribution in [2.24, 2.45) is 0 Å². The Morgan fingerprint density at radius 2 is 1.69 bits per heavy atom. The van der Waals surface area contributed by atoms with E-state index in [1.54, 1.807) is 19.5 Å². The summed E-state index contributed by atoms with van der Waals surface area (Å²) in [4.78, 5) is 25.3. The first-order valence-corrected chi connectivity index (χ1v) is 9.97. The second-order valence-electron chi connectivity index (χ2n) is 7.16. The Kier molecular flexibility index (Phi) is 6.09. The molecule has 8 heteroatoms. The van der Waals surface area contributed by atoms with Crippen LogP contribution in [0.25, 0.3) is 0 Å². The summed E-state index contributed by atoms with van der Waals surface area (Å²) in [6, 6.07) is 8.22. The van der Waals surface area contributed by atoms with Crippen molar-refractivity contribution in [2.45, 2.75) is 18.9 Å². The van der Waals surface area contributed by atoms with Gasteiger partial charge in [-0.25, -0.2) is 0 Å². The summed E-state index contributed by atoms with van der Waals surface area (Å²) in [7, 11) is 1.57. The highest BCUT2D eigenvalue weighted by molar-refractivity contribution is 5.94. The topological polar surface area (TPSA) is 77.0 Å². The number of anilines is 1. The molecule has 2 fully saturated rings. The van der Waals surface area contributed by atoms with Gasteiger partial charge < -0.3 is 24.0 Å². The number of methoxy groups -OCH3 is 1. The SMILES string of the molecule is COc1cnc(OC2CCN(C(=O)c3ccc(N4CCOCC4)cc3)CC2)nc1. The van der Waals surface area contributed by atoms with Crippen molar-refractivity contribution < 1.29 is 19.0 Å². The molecular formula is C21H26N4O4. The van der Waals surface area contributed by atoms with Crippen LogP contribution in [0.5, 0.6) is 11.8 Å². The zero-order valence-electron chi connectivity index (χ0n) is 16.6. The van der Waals surface area contributed by atoms with Crippen LogP contribution in [0.4, 0.5) is 5.69 Å². The molecule has 2 saturated heterocycles. The quantitative estimate of drug-likeness (QED) is 0.762. The van der Waals surface area contributed by atoms with Crippen molar-refractivity contribution in [3.8, 4) is 11.8 Å². The molecule has 4 rings (SSSR count). The number of piperidine rings is 1. The molecular weight excluding hydrogens is 372 g/mol. The molecule has 1 aromatic carbocycles. The molecule has 2 aliphatic heterocycles. The third kappa shape index (κ3) is 4.76. The van der Waals surface area contributed by atoms with Gasteiger partial charge in [0.1, 0.15) is 6.10 Å². The normalized spacial score (nSPS) is 17.8. The van der Waals surface area contributed by atoms with E-state index in [1.807, 2.05) is 29.2 Å². The number of amides is 1. The van der Waals surface area contributed by atoms with Crippen LogP contribution in [0.1, 0.15) is 23.2 Å². The molecule has 0 unspecified atom stereocenters. The Balaban J connectivity index is 1.29. The van der Waals surface area contributed by atoms with Crippen molar-refractivity contribution in [1.82, 2.24) is 14.9 Å². The summed E-state index contributed by atoms with van der Waals surface area (Å²) in [6.45, 7) is 4.59. The molecule has 0 aliphatic carbocycles. The Hall–Kier alpha value is -2.87. The lowest BCUT2D eigenvalue weighted by molar-refractivity contribution is 0.0578. The summed E-state index contributed by atoms with van der Waals surface area (Å²) in [5.74, 6) is 0.662. The van der Waals surface area contributed by atoms with E-state index >= 15 is 0 Å². The molecule has 29 heavy (non-hydrogen) atoms. The first-order valence-electron chi connectivity index (χ1n) is 9.97. The van der Waals surface area contributed by atoms with Gasteiger partial charge in [-0.3, -0.25) is 4.79 Å². The average molecular weight is 398 g/mol. The molecule has 0 saturated carbocycles. The molecule has 0 spiro atoms. The van der Waals surface area contributed by atoms with Gasteiger partial charge in [0.05, 0.1) is 32.7 Å². The standard InChI is InChI=1S/C21H26N4O4/c1-27-19-14-22-21(23-15-19)29-18-6-8-25(9-7-18)20(26)16-2-4-17(5-3-16)24-10-12-28-13-11-24/h2-5,14-15,18H,6-13H2,1H3. The fraction of sp³-hybridized carbons (Fsp3) is 0.476. The molecule has 154 valence electrons. The summed E-state index contributed by atoms with van der Waals surface area (Å²) in [5.41, 5.74) is 1.86. The predicted octanol–water partition coefficient (Wildman–Crippen LogP) is 2.01. The van der Waals surface area contributed by atoms with Crippen LogP contribution in [0.2, 0.25) is 0 Å². The van der Waals surface area contributed by atoms with Crippen LogP contribution in [0.3, 0.4) is 0 Å². The number of nitrogens with zero attached hydrogens (tertiary/aromatic N) is 4. The van der Waals surface area contributed by atoms with E-state index in [1.165, 1.54) is 0 Å². The number of ether oxygens (including phenoxy) is 3. The number of aromatic nitrogens is 2. The maximum absolute atomic E-state index is 12.8. The lowest BCUT2D eigenvalue weighted by atomic mass is 10.1. The first kappa shape index (κ1) is 19.4. The molecule has 0 atom stereocenters. The molecule has 1 amide bonds. The molecule has 2 aromatic rings. The Morgan fingerprint density at radius 1 is 1.03 bits per heavy atom. The number of hydrogen-bond donors (Lipinski definition) is 0. The Morgan fingerprint density at radius 3 is 2.31 bits per heavy atom. The van der Waals surface area contributed by atoms with Gasteiger partial charge in [-0.05, 0) is 24.3 Å². The van der Waals surface area contributed by atoms with Gasteiger partial charge >= 0.3 is 6.01 Å². The number of rotatable bonds is 5. The second kappa shape index (κ2) is 9.09. The highest BCUT2D eigenvalue weighted by Crippen LogP contribution is 2.21. The smallest absolute Gasteiger partial charge is 0.316 e. The van der Waals surface area contributed by atoms with Gasteiger partial charge in [0.25, 0.3) is 5.91 Å². The summed E-state index contributed by atoms with van der Waals surface area (Å²) in [6.07, 6.45) is 4.69. The van der Waals surface area contributed by atoms with E-state index < -0.39 is 0 Å². The van der Waals surface area contributed by atoms with Gasteiger partial charge in [0.2, 0.25) is 0 Å². The lowest BCUT2D eigenvalue weighted by Gasteiger charge is -2.32. The van der Waals surface area contributed by atoms with E-state index in [-0.39, 0.29) is 12.0 Å². The number of morpholine rings is 1. The monoisotopic (exact) mass is 398 g/mol. The van der Waals surface area contributed by atoms with Gasteiger partial charge in [-0.2, -0.15) is 9.97 Å². The third-order valence-electron chi connectivity index (χ3n) is 5.33. The zero-order valence-corrected chi connectivity index (χ0v) is 16.6. The second-order valence-corrected chi connectivity index (χ2v) is 7.16. The minimum absolute atomic E-state index is 0.0103. The van der Waals surface area contributed by atoms with Crippen molar-refractivity contribution in [1.29, 1.82) is 0 Å². The minimum atomic E-state index is 0.0103. The minimum Gasteiger partial charge on any atom is -0.494 e. The van der Waals surface area contributed by atoms with Gasteiger partial charge in [-0.15, -0.1) is 0 Å². The number of carbonyl (C=O) groups is 1. The number of hydrogen-bond acceptors (Lipinski definition) is 7. The maximum atomic E-state index is 12.8. The van der Waals surface area contributed by atoms with E-state index in [0.717, 1.165) is 50.4 Å². The highest BCUT2D eigenvalue weighted by atomic mass is 16.5. The molecule has 2 aliphatic rings. The van der Waals surface area contributed by atoms with Crippen LogP contribution >= 0.6 is 0 Å². The van der Waals surface area contributed by atoms with E-state index in [0.29, 0.717) is 24.8 Å². The van der Waals surface area contributed by atoms with Gasteiger partial charge in [0.15, 0.2) is 5.75 Å². The average Bonchev–Trinajstić information content (AvgIpc) is 2.80. The van der Waals surface area contributed by atoms with Crippen LogP contribution in [-0.2, 0) is 4.74 Å². The Bertz CT molecular complexity index is 798. The molecule has 8 nitrogen and oxygen atoms in total. The maximum Gasteiger partial charge on any atom is 0.316 e. The van der Waals surface area contributed by atoms with E-state index in [9.17, 15) is 4.79 Å². The number of carbonyl (C=O) groups excluding carboxylic acids is 1. The lowest BCUT2D eigenvalue weighted by Crippen LogP contribution is -2.42. The fourth-order valence-corrected chi connectivity index (χ4v) is 3.62. The van der Waals surface area contributed by atoms with Crippen LogP contribution in [-0.4, -0.2) is 73.4 Å². The summed E-state index contributed by atoms with van der Waals surface area (Å²) >= 11 is 0. The highest BCUT2D eigenvalue weighted by Gasteiger charge is 2.25. The Labute approximate surface area is 170 Å². The molecule has 1 aromatic heterocycles. The molecule has 0 radical (unpaired) electrons. The zero-order chi connectivity index (χ0) is 20.1. The largest absolute Gasteiger partial charge is 0.494 e. The van der Waals surface area contributed by atoms with Crippen molar-refractivity contribution in [3.63, 3.8) is 0 Å². The van der Waals surface area contributed by atoms with Crippen LogP contribution in [0, 0.1) is 0 Å². The molecule has 0 bridgehead atoms. The van der Waals surface area contributed by atoms with E-state index in [2.05, 4.69) is 14.9 Å². The van der Waals surface area contributed by atoms with Gasteiger partial charge in [-0.1, -0.05) is 0 Å². The summed E-state index contributed by atoms with van der Waals surface area (Å²) in [5, 5.41) is 0. The van der Waals surface area contributed by atoms with Crippen LogP contribution < -0.4 is 14.4 Å². The van der Waals surface area contributed by atoms with Crippen LogP contribution in [0.15, 0.2) is 36.7 Å². The predicted molar refractivity (Wildman–Crippen MR) is 108 cm³/mol. The van der Waals surface area contributed by atoms with Crippen molar-refractivity contribution in [2.75, 3.05) is 51.4 Å². The number of likely N-dealkylation sites (tertiary alicyclic amines) is 1. The number of benzene rings is 1. The first-order chi connectivity index (χ1) is 14.2. The summed E-state index contributed by atoms with van der Waals surface area (Å²) < 4.78 is 16.3. The van der Waals surface area contributed by atoms with Gasteiger partial charge in [0, 0.05) is 50.3 Å². The van der Waals surface area contributed by atoms with Crippen molar-refractivity contribution >= 4 is 11.6 Å². The van der Waals surface area contributed by atoms with E-state index in [4.69, 9.17) is 14.2 Å².